The van der Waals surface area contributed by atoms with Gasteiger partial charge in [0.2, 0.25) is 0 Å². The van der Waals surface area contributed by atoms with Crippen molar-refractivity contribution in [1.82, 2.24) is 9.97 Å². The highest BCUT2D eigenvalue weighted by Gasteiger charge is 2.27. The van der Waals surface area contributed by atoms with Crippen LogP contribution in [0.5, 0.6) is 0 Å². The lowest BCUT2D eigenvalue weighted by atomic mass is 10.2. The number of anilines is 1. The van der Waals surface area contributed by atoms with Crippen LogP contribution in [-0.2, 0) is 19.8 Å². The molecule has 0 atom stereocenters. The third-order valence-electron chi connectivity index (χ3n) is 4.56. The number of benzene rings is 1. The molecule has 0 amide bonds. The van der Waals surface area contributed by atoms with E-state index < -0.39 is 7.60 Å². The van der Waals surface area contributed by atoms with Gasteiger partial charge in [-0.3, -0.25) is 4.57 Å². The molecule has 4 rings (SSSR count). The maximum atomic E-state index is 13.0. The van der Waals surface area contributed by atoms with E-state index in [2.05, 4.69) is 44.6 Å². The van der Waals surface area contributed by atoms with Crippen LogP contribution in [0.15, 0.2) is 52.2 Å². The summed E-state index contributed by atoms with van der Waals surface area (Å²) in [7, 11) is -1.11. The molecule has 0 spiro atoms. The van der Waals surface area contributed by atoms with Gasteiger partial charge in [0.15, 0.2) is 0 Å². The van der Waals surface area contributed by atoms with Crippen LogP contribution in [0.4, 0.5) is 5.69 Å². The minimum Gasteiger partial charge on any atom is -0.351 e. The van der Waals surface area contributed by atoms with Gasteiger partial charge < -0.3 is 18.3 Å². The number of rotatable bonds is 10. The molecule has 3 heterocycles. The Labute approximate surface area is 194 Å². The summed E-state index contributed by atoms with van der Waals surface area (Å²) in [5.74, 6) is 0. The SMILES string of the molecule is CCOP(=O)(Cc1sccc1SN(C)c1cccc2cc(-c3nccs3)[nH]c12)OCC. The van der Waals surface area contributed by atoms with Crippen LogP contribution >= 0.6 is 42.2 Å². The molecule has 4 aromatic rings. The van der Waals surface area contributed by atoms with Gasteiger partial charge in [0.05, 0.1) is 36.3 Å². The van der Waals surface area contributed by atoms with Crippen LogP contribution in [-0.4, -0.2) is 30.2 Å². The Hall–Kier alpha value is -1.61. The van der Waals surface area contributed by atoms with Gasteiger partial charge in [0, 0.05) is 33.8 Å². The van der Waals surface area contributed by atoms with Gasteiger partial charge in [-0.25, -0.2) is 4.98 Å². The molecule has 3 aromatic heterocycles. The Kier molecular flexibility index (Phi) is 7.21. The largest absolute Gasteiger partial charge is 0.351 e. The van der Waals surface area contributed by atoms with Crippen LogP contribution in [0.25, 0.3) is 21.6 Å². The van der Waals surface area contributed by atoms with Gasteiger partial charge in [-0.1, -0.05) is 12.1 Å². The average molecular weight is 494 g/mol. The highest BCUT2D eigenvalue weighted by atomic mass is 32.2. The number of H-pyrrole nitrogens is 1. The summed E-state index contributed by atoms with van der Waals surface area (Å²) in [5.41, 5.74) is 3.15. The Balaban J connectivity index is 1.58. The summed E-state index contributed by atoms with van der Waals surface area (Å²) in [6.07, 6.45) is 2.10. The topological polar surface area (TPSA) is 67.5 Å². The van der Waals surface area contributed by atoms with E-state index in [-0.39, 0.29) is 6.16 Å². The van der Waals surface area contributed by atoms with Crippen LogP contribution in [0, 0.1) is 0 Å². The van der Waals surface area contributed by atoms with Crippen molar-refractivity contribution >= 4 is 58.8 Å². The fourth-order valence-corrected chi connectivity index (χ4v) is 8.09. The number of hydrogen-bond donors (Lipinski definition) is 1. The molecular weight excluding hydrogens is 469 g/mol. The Bertz CT molecular complexity index is 1180. The number of para-hydroxylation sites is 1. The van der Waals surface area contributed by atoms with Crippen molar-refractivity contribution in [2.75, 3.05) is 24.6 Å². The molecule has 0 unspecified atom stereocenters. The second kappa shape index (κ2) is 9.90. The van der Waals surface area contributed by atoms with Crippen LogP contribution < -0.4 is 4.31 Å². The van der Waals surface area contributed by atoms with E-state index in [1.165, 1.54) is 0 Å². The number of thiophene rings is 1. The van der Waals surface area contributed by atoms with E-state index in [1.54, 1.807) is 34.6 Å². The molecule has 31 heavy (non-hydrogen) atoms. The average Bonchev–Trinajstić information content (AvgIpc) is 3.48. The zero-order valence-corrected chi connectivity index (χ0v) is 20.9. The first-order chi connectivity index (χ1) is 15.0. The van der Waals surface area contributed by atoms with Gasteiger partial charge >= 0.3 is 7.60 Å². The van der Waals surface area contributed by atoms with Crippen LogP contribution in [0.2, 0.25) is 0 Å². The van der Waals surface area contributed by atoms with Gasteiger partial charge in [-0.05, 0) is 49.4 Å². The predicted octanol–water partition coefficient (Wildman–Crippen LogP) is 7.26. The first-order valence-electron chi connectivity index (χ1n) is 9.90. The molecule has 1 aromatic carbocycles. The van der Waals surface area contributed by atoms with Crippen molar-refractivity contribution in [3.05, 3.63) is 52.2 Å². The zero-order valence-electron chi connectivity index (χ0n) is 17.5. The van der Waals surface area contributed by atoms with E-state index in [1.807, 2.05) is 37.9 Å². The molecular formula is C21H24N3O3PS3. The van der Waals surface area contributed by atoms with E-state index >= 15 is 0 Å². The van der Waals surface area contributed by atoms with Crippen molar-refractivity contribution < 1.29 is 13.6 Å². The summed E-state index contributed by atoms with van der Waals surface area (Å²) < 4.78 is 26.1. The van der Waals surface area contributed by atoms with Gasteiger partial charge in [0.1, 0.15) is 5.01 Å². The number of thiazole rings is 1. The monoisotopic (exact) mass is 493 g/mol. The summed E-state index contributed by atoms with van der Waals surface area (Å²) in [6, 6.07) is 10.4. The molecule has 6 nitrogen and oxygen atoms in total. The lowest BCUT2D eigenvalue weighted by Crippen LogP contribution is -2.07. The van der Waals surface area contributed by atoms with Crippen LogP contribution in [0.3, 0.4) is 0 Å². The van der Waals surface area contributed by atoms with E-state index in [0.29, 0.717) is 13.2 Å². The molecule has 0 saturated heterocycles. The zero-order chi connectivity index (χ0) is 21.8. The molecule has 0 fully saturated rings. The fourth-order valence-electron chi connectivity index (χ4n) is 3.29. The Morgan fingerprint density at radius 3 is 2.68 bits per heavy atom. The molecule has 10 heteroatoms. The maximum Gasteiger partial charge on any atom is 0.335 e. The molecule has 0 aliphatic carbocycles. The molecule has 0 bridgehead atoms. The number of nitrogens with one attached hydrogen (secondary N) is 1. The highest BCUT2D eigenvalue weighted by Crippen LogP contribution is 2.53. The van der Waals surface area contributed by atoms with Crippen molar-refractivity contribution in [3.8, 4) is 10.7 Å². The normalized spacial score (nSPS) is 12.0. The number of hydrogen-bond acceptors (Lipinski definition) is 8. The summed E-state index contributed by atoms with van der Waals surface area (Å²) in [4.78, 5) is 9.99. The van der Waals surface area contributed by atoms with Gasteiger partial charge in [-0.2, -0.15) is 0 Å². The number of aromatic nitrogens is 2. The number of aromatic amines is 1. The molecule has 0 aliphatic heterocycles. The maximum absolute atomic E-state index is 13.0. The third kappa shape index (κ3) is 5.08. The van der Waals surface area contributed by atoms with E-state index in [9.17, 15) is 4.57 Å². The third-order valence-corrected chi connectivity index (χ3v) is 9.69. The van der Waals surface area contributed by atoms with Crippen molar-refractivity contribution in [2.45, 2.75) is 24.9 Å². The molecule has 164 valence electrons. The Morgan fingerprint density at radius 1 is 1.16 bits per heavy atom. The highest BCUT2D eigenvalue weighted by molar-refractivity contribution is 8.00. The smallest absolute Gasteiger partial charge is 0.335 e. The lowest BCUT2D eigenvalue weighted by Gasteiger charge is -2.20. The molecule has 0 saturated carbocycles. The van der Waals surface area contributed by atoms with Gasteiger partial charge in [-0.15, -0.1) is 22.7 Å². The number of fused-ring (bicyclic) bond motifs is 1. The first kappa shape index (κ1) is 22.6. The predicted molar refractivity (Wildman–Crippen MR) is 133 cm³/mol. The minimum atomic E-state index is -3.15. The Morgan fingerprint density at radius 2 is 1.97 bits per heavy atom. The molecule has 0 radical (unpaired) electrons. The van der Waals surface area contributed by atoms with Gasteiger partial charge in [0.25, 0.3) is 0 Å². The second-order valence-electron chi connectivity index (χ2n) is 6.66. The van der Waals surface area contributed by atoms with Crippen LogP contribution in [0.1, 0.15) is 18.7 Å². The van der Waals surface area contributed by atoms with Crippen molar-refractivity contribution in [1.29, 1.82) is 0 Å². The minimum absolute atomic E-state index is 0.281. The molecule has 1 N–H and O–H groups in total. The number of nitrogens with zero attached hydrogens (tertiary/aromatic N) is 2. The van der Waals surface area contributed by atoms with E-state index in [4.69, 9.17) is 9.05 Å². The van der Waals surface area contributed by atoms with E-state index in [0.717, 1.165) is 37.1 Å². The fraction of sp³-hybridized carbons (Fsp3) is 0.286. The van der Waals surface area contributed by atoms with Crippen molar-refractivity contribution in [2.24, 2.45) is 0 Å². The summed E-state index contributed by atoms with van der Waals surface area (Å²) >= 11 is 4.80. The van der Waals surface area contributed by atoms with Crippen molar-refractivity contribution in [3.63, 3.8) is 0 Å². The first-order valence-corrected chi connectivity index (χ1v) is 14.2. The standard InChI is InChI=1S/C21H24N3O3PS3/c1-4-26-28(25,27-5-2)14-19-18(9-11-29-19)31-24(3)17-8-6-7-15-13-16(23-20(15)17)21-22-10-12-30-21/h6-13,23H,4-5,14H2,1-3H3. The molecule has 0 aliphatic rings. The lowest BCUT2D eigenvalue weighted by molar-refractivity contribution is 0.219. The second-order valence-corrected chi connectivity index (χ2v) is 11.8. The summed E-state index contributed by atoms with van der Waals surface area (Å²) in [5, 5.41) is 6.10. The quantitative estimate of drug-likeness (QED) is 0.185. The summed E-state index contributed by atoms with van der Waals surface area (Å²) in [6.45, 7) is 4.39.